The minimum atomic E-state index is 0.671. The molecule has 0 aliphatic heterocycles. The maximum atomic E-state index is 4.58. The lowest BCUT2D eigenvalue weighted by Crippen LogP contribution is -1.94. The Balaban J connectivity index is 1.63. The van der Waals surface area contributed by atoms with Crippen molar-refractivity contribution in [3.05, 3.63) is 71.6 Å². The van der Waals surface area contributed by atoms with Gasteiger partial charge < -0.3 is 4.98 Å². The van der Waals surface area contributed by atoms with Crippen LogP contribution in [0.3, 0.4) is 0 Å². The molecular formula is C19H17N5. The van der Waals surface area contributed by atoms with Gasteiger partial charge in [0.2, 0.25) is 0 Å². The van der Waals surface area contributed by atoms with Gasteiger partial charge in [-0.1, -0.05) is 36.4 Å². The van der Waals surface area contributed by atoms with Crippen LogP contribution in [0.5, 0.6) is 0 Å². The number of benzene rings is 1. The second-order valence-corrected chi connectivity index (χ2v) is 5.74. The third-order valence-corrected chi connectivity index (χ3v) is 3.96. The monoisotopic (exact) mass is 315 g/mol. The number of hydrogen-bond acceptors (Lipinski definition) is 3. The molecule has 0 saturated heterocycles. The number of imidazole rings is 1. The highest BCUT2D eigenvalue weighted by molar-refractivity contribution is 5.67. The van der Waals surface area contributed by atoms with Gasteiger partial charge in [-0.05, 0) is 43.2 Å². The Kier molecular flexibility index (Phi) is 3.46. The minimum absolute atomic E-state index is 0.671. The van der Waals surface area contributed by atoms with E-state index in [0.717, 1.165) is 34.0 Å². The third-order valence-electron chi connectivity index (χ3n) is 3.96. The lowest BCUT2D eigenvalue weighted by atomic mass is 10.2. The Hall–Kier alpha value is -3.21. The van der Waals surface area contributed by atoms with Crippen LogP contribution < -0.4 is 0 Å². The van der Waals surface area contributed by atoms with Crippen LogP contribution in [0.1, 0.15) is 22.9 Å². The highest BCUT2D eigenvalue weighted by atomic mass is 15.3. The molecule has 0 bridgehead atoms. The summed E-state index contributed by atoms with van der Waals surface area (Å²) in [6, 6.07) is 14.2. The zero-order valence-corrected chi connectivity index (χ0v) is 13.6. The van der Waals surface area contributed by atoms with Gasteiger partial charge in [0, 0.05) is 5.69 Å². The molecule has 0 radical (unpaired) electrons. The Morgan fingerprint density at radius 2 is 1.83 bits per heavy atom. The fraction of sp³-hybridized carbons (Fsp3) is 0.105. The molecular weight excluding hydrogens is 298 g/mol. The Morgan fingerprint density at radius 1 is 1.00 bits per heavy atom. The van der Waals surface area contributed by atoms with Gasteiger partial charge in [0.1, 0.15) is 5.82 Å². The van der Waals surface area contributed by atoms with Gasteiger partial charge >= 0.3 is 0 Å². The van der Waals surface area contributed by atoms with Crippen LogP contribution in [0.4, 0.5) is 0 Å². The summed E-state index contributed by atoms with van der Waals surface area (Å²) in [4.78, 5) is 12.3. The SMILES string of the molecule is Cc1ccc(C)n2nc(/C=C/c3ncc(-c4ccccc4)[nH]3)nc12. The highest BCUT2D eigenvalue weighted by Crippen LogP contribution is 2.17. The van der Waals surface area contributed by atoms with Crippen LogP contribution in [0.2, 0.25) is 0 Å². The fourth-order valence-corrected chi connectivity index (χ4v) is 2.63. The number of aromatic amines is 1. The molecule has 0 unspecified atom stereocenters. The van der Waals surface area contributed by atoms with Gasteiger partial charge in [-0.3, -0.25) is 0 Å². The summed E-state index contributed by atoms with van der Waals surface area (Å²) in [5.41, 5.74) is 5.16. The quantitative estimate of drug-likeness (QED) is 0.623. The lowest BCUT2D eigenvalue weighted by molar-refractivity contribution is 0.905. The van der Waals surface area contributed by atoms with Gasteiger partial charge in [0.05, 0.1) is 11.9 Å². The third kappa shape index (κ3) is 2.60. The average molecular weight is 315 g/mol. The molecule has 0 aliphatic rings. The number of aromatic nitrogens is 5. The van der Waals surface area contributed by atoms with Crippen molar-refractivity contribution in [1.82, 2.24) is 24.6 Å². The number of nitrogens with one attached hydrogen (secondary N) is 1. The van der Waals surface area contributed by atoms with Crippen LogP contribution in [0.25, 0.3) is 29.1 Å². The first-order valence-electron chi connectivity index (χ1n) is 7.82. The lowest BCUT2D eigenvalue weighted by Gasteiger charge is -1.98. The van der Waals surface area contributed by atoms with Crippen LogP contribution in [0, 0.1) is 13.8 Å². The Bertz CT molecular complexity index is 986. The molecule has 1 aromatic carbocycles. The molecule has 0 spiro atoms. The largest absolute Gasteiger partial charge is 0.338 e. The fourth-order valence-electron chi connectivity index (χ4n) is 2.63. The van der Waals surface area contributed by atoms with E-state index in [9.17, 15) is 0 Å². The number of rotatable bonds is 3. The topological polar surface area (TPSA) is 58.9 Å². The smallest absolute Gasteiger partial charge is 0.175 e. The van der Waals surface area contributed by atoms with E-state index in [1.807, 2.05) is 61.0 Å². The van der Waals surface area contributed by atoms with Crippen molar-refractivity contribution in [3.63, 3.8) is 0 Å². The first-order chi connectivity index (χ1) is 11.7. The number of aryl methyl sites for hydroxylation is 2. The predicted molar refractivity (Wildman–Crippen MR) is 95.4 cm³/mol. The van der Waals surface area contributed by atoms with E-state index in [1.54, 1.807) is 0 Å². The molecule has 0 fully saturated rings. The summed E-state index contributed by atoms with van der Waals surface area (Å²) in [5, 5.41) is 4.53. The Morgan fingerprint density at radius 3 is 2.62 bits per heavy atom. The van der Waals surface area contributed by atoms with Crippen molar-refractivity contribution in [1.29, 1.82) is 0 Å². The summed E-state index contributed by atoms with van der Waals surface area (Å²) in [6.45, 7) is 4.06. The molecule has 0 atom stereocenters. The Labute approximate surface area is 139 Å². The molecule has 4 aromatic rings. The first kappa shape index (κ1) is 14.4. The van der Waals surface area contributed by atoms with Crippen molar-refractivity contribution in [2.45, 2.75) is 13.8 Å². The minimum Gasteiger partial charge on any atom is -0.338 e. The van der Waals surface area contributed by atoms with Gasteiger partial charge in [0.15, 0.2) is 11.5 Å². The molecule has 0 saturated carbocycles. The molecule has 5 nitrogen and oxygen atoms in total. The molecule has 24 heavy (non-hydrogen) atoms. The van der Waals surface area contributed by atoms with E-state index < -0.39 is 0 Å². The first-order valence-corrected chi connectivity index (χ1v) is 7.82. The van der Waals surface area contributed by atoms with Gasteiger partial charge in [-0.2, -0.15) is 0 Å². The zero-order valence-electron chi connectivity index (χ0n) is 13.6. The van der Waals surface area contributed by atoms with Gasteiger partial charge in [0.25, 0.3) is 0 Å². The molecule has 4 rings (SSSR count). The van der Waals surface area contributed by atoms with Crippen molar-refractivity contribution >= 4 is 17.8 Å². The zero-order chi connectivity index (χ0) is 16.5. The number of fused-ring (bicyclic) bond motifs is 1. The number of hydrogen-bond donors (Lipinski definition) is 1. The summed E-state index contributed by atoms with van der Waals surface area (Å²) in [5.74, 6) is 1.45. The van der Waals surface area contributed by atoms with E-state index in [-0.39, 0.29) is 0 Å². The van der Waals surface area contributed by atoms with Crippen molar-refractivity contribution in [2.24, 2.45) is 0 Å². The second-order valence-electron chi connectivity index (χ2n) is 5.74. The maximum absolute atomic E-state index is 4.58. The van der Waals surface area contributed by atoms with E-state index in [1.165, 1.54) is 0 Å². The van der Waals surface area contributed by atoms with Crippen LogP contribution >= 0.6 is 0 Å². The van der Waals surface area contributed by atoms with Crippen molar-refractivity contribution in [2.75, 3.05) is 0 Å². The number of pyridine rings is 1. The number of H-pyrrole nitrogens is 1. The summed E-state index contributed by atoms with van der Waals surface area (Å²) in [6.07, 6.45) is 5.60. The predicted octanol–water partition coefficient (Wildman–Crippen LogP) is 3.91. The maximum Gasteiger partial charge on any atom is 0.175 e. The van der Waals surface area contributed by atoms with Gasteiger partial charge in [-0.15, -0.1) is 5.10 Å². The van der Waals surface area contributed by atoms with Gasteiger partial charge in [-0.25, -0.2) is 14.5 Å². The van der Waals surface area contributed by atoms with E-state index in [2.05, 4.69) is 38.2 Å². The second kappa shape index (κ2) is 5.77. The van der Waals surface area contributed by atoms with Crippen molar-refractivity contribution in [3.8, 4) is 11.3 Å². The highest BCUT2D eigenvalue weighted by Gasteiger charge is 2.06. The number of nitrogens with zero attached hydrogens (tertiary/aromatic N) is 4. The summed E-state index contributed by atoms with van der Waals surface area (Å²) < 4.78 is 1.87. The molecule has 0 aliphatic carbocycles. The van der Waals surface area contributed by atoms with Crippen LogP contribution in [0.15, 0.2) is 48.7 Å². The van der Waals surface area contributed by atoms with E-state index >= 15 is 0 Å². The normalized spacial score (nSPS) is 11.6. The van der Waals surface area contributed by atoms with E-state index in [0.29, 0.717) is 5.82 Å². The summed E-state index contributed by atoms with van der Waals surface area (Å²) >= 11 is 0. The van der Waals surface area contributed by atoms with Crippen LogP contribution in [-0.2, 0) is 0 Å². The summed E-state index contributed by atoms with van der Waals surface area (Å²) in [7, 11) is 0. The van der Waals surface area contributed by atoms with Crippen LogP contribution in [-0.4, -0.2) is 24.6 Å². The standard InChI is InChI=1S/C19H17N5/c1-13-8-9-14(2)24-19(13)22-18(23-24)11-10-17-20-12-16(21-17)15-6-4-3-5-7-15/h3-12H,1-2H3,(H,20,21)/b11-10+. The molecule has 1 N–H and O–H groups in total. The van der Waals surface area contributed by atoms with E-state index in [4.69, 9.17) is 0 Å². The molecule has 3 heterocycles. The molecule has 5 heteroatoms. The van der Waals surface area contributed by atoms with Crippen molar-refractivity contribution < 1.29 is 0 Å². The molecule has 0 amide bonds. The molecule has 3 aromatic heterocycles. The average Bonchev–Trinajstić information content (AvgIpc) is 3.25. The molecule has 118 valence electrons.